The van der Waals surface area contributed by atoms with E-state index in [0.29, 0.717) is 0 Å². The maximum absolute atomic E-state index is 9.00. The molecule has 28 heavy (non-hydrogen) atoms. The largest absolute Gasteiger partial charge is 0.508 e. The third kappa shape index (κ3) is 39.2. The van der Waals surface area contributed by atoms with Crippen LogP contribution in [0, 0.1) is 0 Å². The molecule has 0 amide bonds. The molecule has 0 aromatic heterocycles. The third-order valence-corrected chi connectivity index (χ3v) is 1.70. The van der Waals surface area contributed by atoms with Crippen LogP contribution < -0.4 is 0 Å². The maximum atomic E-state index is 9.00. The monoisotopic (exact) mass is 588 g/mol. The van der Waals surface area contributed by atoms with Gasteiger partial charge in [0.1, 0.15) is 23.0 Å². The summed E-state index contributed by atoms with van der Waals surface area (Å²) >= 11 is 0. The van der Waals surface area contributed by atoms with Crippen LogP contribution >= 0.6 is 0 Å². The first-order valence-corrected chi connectivity index (χ1v) is 6.59. The minimum absolute atomic E-state index is 0. The smallest absolute Gasteiger partial charge is 0.300 e. The Hall–Kier alpha value is -2.02. The van der Waals surface area contributed by atoms with Crippen LogP contribution in [0.2, 0.25) is 0 Å². The van der Waals surface area contributed by atoms with E-state index in [9.17, 15) is 0 Å². The van der Waals surface area contributed by atoms with Crippen LogP contribution in [0.4, 0.5) is 0 Å². The molecule has 2 radical (unpaired) electrons. The molecule has 0 saturated heterocycles. The summed E-state index contributed by atoms with van der Waals surface area (Å²) < 4.78 is 0. The van der Waals surface area contributed by atoms with Crippen LogP contribution in [-0.2, 0) is 54.3 Å². The van der Waals surface area contributed by atoms with Gasteiger partial charge >= 0.3 is 0 Å². The molecular weight excluding hydrogens is 568 g/mol. The maximum Gasteiger partial charge on any atom is 0.300 e. The Morgan fingerprint density at radius 1 is 0.536 bits per heavy atom. The normalized spacial score (nSPS) is 7.14. The fourth-order valence-electron chi connectivity index (χ4n) is 0.905. The summed E-state index contributed by atoms with van der Waals surface area (Å²) in [5, 5.41) is 61.4. The summed E-state index contributed by atoms with van der Waals surface area (Å²) in [5.41, 5.74) is 0. The molecule has 0 heterocycles. The summed E-state index contributed by atoms with van der Waals surface area (Å²) in [7, 11) is 0. The van der Waals surface area contributed by atoms with E-state index < -0.39 is 11.9 Å². The number of phenols is 4. The average molecular weight is 590 g/mol. The second-order valence-electron chi connectivity index (χ2n) is 4.07. The van der Waals surface area contributed by atoms with Crippen molar-refractivity contribution in [1.29, 1.82) is 0 Å². The van der Waals surface area contributed by atoms with Crippen LogP contribution in [0.15, 0.2) is 48.5 Å². The van der Waals surface area contributed by atoms with E-state index in [1.165, 1.54) is 48.5 Å². The molecule has 0 atom stereocenters. The van der Waals surface area contributed by atoms with E-state index in [0.717, 1.165) is 13.8 Å². The van der Waals surface area contributed by atoms with Crippen molar-refractivity contribution in [2.24, 2.45) is 0 Å². The fraction of sp³-hybridized carbons (Fsp3) is 0.125. The molecule has 8 N–H and O–H groups in total. The molecule has 0 spiro atoms. The van der Waals surface area contributed by atoms with Gasteiger partial charge in [-0.3, -0.25) is 20.1 Å². The molecule has 0 bridgehead atoms. The molecule has 0 unspecified atom stereocenters. The Kier molecular flexibility index (Phi) is 32.9. The molecule has 0 aliphatic rings. The predicted octanol–water partition coefficient (Wildman–Crippen LogP) is 2.39. The molecule has 10 nitrogen and oxygen atoms in total. The Bertz CT molecular complexity index is 498. The molecule has 2 rings (SSSR count). The SMILES string of the molecule is CC(=O)O.CC(=O)O.OO.Oc1ccc(O)cc1.Oc1ccc(O)cc1.[Ag].[Ag]. The van der Waals surface area contributed by atoms with Crippen molar-refractivity contribution in [3.8, 4) is 23.0 Å². The topological polar surface area (TPSA) is 196 Å². The summed E-state index contributed by atoms with van der Waals surface area (Å²) in [4.78, 5) is 18.0. The molecule has 2 aromatic rings. The van der Waals surface area contributed by atoms with E-state index >= 15 is 0 Å². The van der Waals surface area contributed by atoms with Gasteiger partial charge in [-0.15, -0.1) is 0 Å². The van der Waals surface area contributed by atoms with Crippen molar-refractivity contribution in [3.63, 3.8) is 0 Å². The van der Waals surface area contributed by atoms with Gasteiger partial charge in [0.15, 0.2) is 0 Å². The number of phenolic OH excluding ortho intramolecular Hbond substituents is 4. The van der Waals surface area contributed by atoms with Gasteiger partial charge in [0.25, 0.3) is 11.9 Å². The zero-order valence-corrected chi connectivity index (χ0v) is 17.6. The molecule has 12 heteroatoms. The number of rotatable bonds is 0. The van der Waals surface area contributed by atoms with Gasteiger partial charge in [0.2, 0.25) is 0 Å². The van der Waals surface area contributed by atoms with Gasteiger partial charge in [-0.2, -0.15) is 0 Å². The van der Waals surface area contributed by atoms with Crippen LogP contribution in [0.3, 0.4) is 0 Å². The molecule has 2 aromatic carbocycles. The first kappa shape index (κ1) is 36.8. The second-order valence-corrected chi connectivity index (χ2v) is 4.07. The van der Waals surface area contributed by atoms with Crippen LogP contribution in [-0.4, -0.2) is 53.1 Å². The van der Waals surface area contributed by atoms with Gasteiger partial charge in [-0.25, -0.2) is 0 Å². The second kappa shape index (κ2) is 25.0. The molecule has 168 valence electrons. The van der Waals surface area contributed by atoms with E-state index in [1.54, 1.807) is 0 Å². The Morgan fingerprint density at radius 2 is 0.607 bits per heavy atom. The van der Waals surface area contributed by atoms with E-state index in [2.05, 4.69) is 0 Å². The summed E-state index contributed by atoms with van der Waals surface area (Å²) in [6.07, 6.45) is 0. The number of benzene rings is 2. The van der Waals surface area contributed by atoms with E-state index in [1.807, 2.05) is 0 Å². The standard InChI is InChI=1S/2C6H6O2.2C2H4O2.2Ag.H2O2/c2*7-5-1-2-6(8)4-3-5;2*1-2(3)4;;;1-2/h2*1-4,7-8H;2*1H3,(H,3,4);;;1-2H. The van der Waals surface area contributed by atoms with Gasteiger partial charge in [0.05, 0.1) is 0 Å². The van der Waals surface area contributed by atoms with E-state index in [-0.39, 0.29) is 67.8 Å². The average Bonchev–Trinajstić information content (AvgIpc) is 2.55. The summed E-state index contributed by atoms with van der Waals surface area (Å²) in [6, 6.07) is 11.4. The molecular formula is C16H22Ag2O10. The number of carboxylic acids is 2. The van der Waals surface area contributed by atoms with Gasteiger partial charge in [-0.05, 0) is 48.5 Å². The Balaban J connectivity index is -0.0000000834. The number of aliphatic carboxylic acids is 2. The Morgan fingerprint density at radius 3 is 0.679 bits per heavy atom. The quantitative estimate of drug-likeness (QED) is 0.0977. The van der Waals surface area contributed by atoms with Crippen molar-refractivity contribution in [1.82, 2.24) is 0 Å². The van der Waals surface area contributed by atoms with Crippen molar-refractivity contribution < 1.29 is 95.5 Å². The molecule has 0 fully saturated rings. The van der Waals surface area contributed by atoms with Crippen molar-refractivity contribution >= 4 is 11.9 Å². The molecule has 0 aliphatic heterocycles. The van der Waals surface area contributed by atoms with Crippen LogP contribution in [0.1, 0.15) is 13.8 Å². The zero-order valence-electron chi connectivity index (χ0n) is 14.6. The van der Waals surface area contributed by atoms with Crippen molar-refractivity contribution in [2.45, 2.75) is 13.8 Å². The first-order chi connectivity index (χ1) is 12.0. The van der Waals surface area contributed by atoms with Gasteiger partial charge in [-0.1, -0.05) is 0 Å². The number of hydrogen-bond donors (Lipinski definition) is 8. The minimum atomic E-state index is -0.833. The zero-order chi connectivity index (χ0) is 21.1. The minimum Gasteiger partial charge on any atom is -0.508 e. The summed E-state index contributed by atoms with van der Waals surface area (Å²) in [5.74, 6) is -0.990. The molecule has 0 saturated carbocycles. The fourth-order valence-corrected chi connectivity index (χ4v) is 0.905. The van der Waals surface area contributed by atoms with Gasteiger partial charge in [0, 0.05) is 58.6 Å². The van der Waals surface area contributed by atoms with Crippen molar-refractivity contribution in [2.75, 3.05) is 0 Å². The first-order valence-electron chi connectivity index (χ1n) is 6.59. The summed E-state index contributed by atoms with van der Waals surface area (Å²) in [6.45, 7) is 2.17. The van der Waals surface area contributed by atoms with E-state index in [4.69, 9.17) is 50.7 Å². The molecule has 0 aliphatic carbocycles. The number of aromatic hydroxyl groups is 4. The number of carbonyl (C=O) groups is 2. The van der Waals surface area contributed by atoms with Crippen LogP contribution in [0.5, 0.6) is 23.0 Å². The number of carboxylic acid groups (broad SMARTS) is 2. The Labute approximate surface area is 192 Å². The third-order valence-electron chi connectivity index (χ3n) is 1.70. The van der Waals surface area contributed by atoms with Crippen molar-refractivity contribution in [3.05, 3.63) is 48.5 Å². The number of hydrogen-bond acceptors (Lipinski definition) is 8. The van der Waals surface area contributed by atoms with Crippen LogP contribution in [0.25, 0.3) is 0 Å². The predicted molar refractivity (Wildman–Crippen MR) is 91.4 cm³/mol. The van der Waals surface area contributed by atoms with Gasteiger partial charge < -0.3 is 30.6 Å².